The lowest BCUT2D eigenvalue weighted by atomic mass is 10.1. The molecule has 0 unspecified atom stereocenters. The van der Waals surface area contributed by atoms with Gasteiger partial charge >= 0.3 is 6.18 Å². The number of nitrogens with zero attached hydrogens (tertiary/aromatic N) is 1. The van der Waals surface area contributed by atoms with Gasteiger partial charge in [-0.2, -0.15) is 13.2 Å². The summed E-state index contributed by atoms with van der Waals surface area (Å²) in [6, 6.07) is 1.38. The third-order valence-electron chi connectivity index (χ3n) is 2.63. The van der Waals surface area contributed by atoms with Gasteiger partial charge in [0.05, 0.1) is 17.1 Å². The standard InChI is InChI=1S/C12H7ClF5NS/c1-5-8(4-13)20-11(19-5)6-2-3-7(12(16,17)18)10(15)9(6)14/h2-3H,4H2,1H3. The predicted octanol–water partition coefficient (Wildman–Crippen LogP) is 5.15. The monoisotopic (exact) mass is 327 g/mol. The molecule has 0 N–H and O–H groups in total. The van der Waals surface area contributed by atoms with Crippen molar-refractivity contribution in [3.63, 3.8) is 0 Å². The van der Waals surface area contributed by atoms with Gasteiger partial charge in [-0.25, -0.2) is 13.8 Å². The molecule has 0 radical (unpaired) electrons. The molecule has 20 heavy (non-hydrogen) atoms. The average molecular weight is 328 g/mol. The summed E-state index contributed by atoms with van der Waals surface area (Å²) >= 11 is 6.66. The Labute approximate surface area is 120 Å². The van der Waals surface area contributed by atoms with E-state index in [-0.39, 0.29) is 16.5 Å². The van der Waals surface area contributed by atoms with Gasteiger partial charge < -0.3 is 0 Å². The fraction of sp³-hybridized carbons (Fsp3) is 0.250. The summed E-state index contributed by atoms with van der Waals surface area (Å²) < 4.78 is 64.6. The van der Waals surface area contributed by atoms with Crippen LogP contribution in [0.2, 0.25) is 0 Å². The molecule has 0 atom stereocenters. The maximum Gasteiger partial charge on any atom is 0.419 e. The lowest BCUT2D eigenvalue weighted by Crippen LogP contribution is -2.10. The molecule has 1 aromatic carbocycles. The number of hydrogen-bond donors (Lipinski definition) is 0. The van der Waals surface area contributed by atoms with Crippen LogP contribution < -0.4 is 0 Å². The molecule has 0 fully saturated rings. The molecule has 2 aromatic rings. The molecule has 1 heterocycles. The maximum absolute atomic E-state index is 13.8. The molecule has 0 aliphatic carbocycles. The molecule has 0 saturated carbocycles. The van der Waals surface area contributed by atoms with E-state index in [0.29, 0.717) is 16.6 Å². The van der Waals surface area contributed by atoms with Crippen LogP contribution in [0, 0.1) is 18.6 Å². The average Bonchev–Trinajstić information content (AvgIpc) is 2.72. The highest BCUT2D eigenvalue weighted by atomic mass is 35.5. The summed E-state index contributed by atoms with van der Waals surface area (Å²) in [6.07, 6.45) is -4.94. The molecule has 0 aliphatic rings. The highest BCUT2D eigenvalue weighted by Gasteiger charge is 2.36. The first-order chi connectivity index (χ1) is 9.25. The molecule has 108 valence electrons. The molecule has 0 amide bonds. The second kappa shape index (κ2) is 5.29. The molecule has 8 heteroatoms. The van der Waals surface area contributed by atoms with Crippen molar-refractivity contribution >= 4 is 22.9 Å². The highest BCUT2D eigenvalue weighted by Crippen LogP contribution is 2.37. The van der Waals surface area contributed by atoms with E-state index in [0.717, 1.165) is 17.4 Å². The first-order valence-electron chi connectivity index (χ1n) is 5.33. The van der Waals surface area contributed by atoms with Crippen molar-refractivity contribution in [3.8, 4) is 10.6 Å². The second-order valence-corrected chi connectivity index (χ2v) is 5.30. The van der Waals surface area contributed by atoms with Crippen LogP contribution in [0.1, 0.15) is 16.1 Å². The Balaban J connectivity index is 2.56. The van der Waals surface area contributed by atoms with Gasteiger partial charge in [0.25, 0.3) is 0 Å². The van der Waals surface area contributed by atoms with Gasteiger partial charge in [0.1, 0.15) is 5.01 Å². The quantitative estimate of drug-likeness (QED) is 0.549. The summed E-state index contributed by atoms with van der Waals surface area (Å²) in [7, 11) is 0. The molecule has 0 bridgehead atoms. The van der Waals surface area contributed by atoms with E-state index in [2.05, 4.69) is 4.98 Å². The Bertz CT molecular complexity index is 650. The normalized spacial score (nSPS) is 11.9. The summed E-state index contributed by atoms with van der Waals surface area (Å²) in [4.78, 5) is 4.65. The molecular formula is C12H7ClF5NS. The van der Waals surface area contributed by atoms with Gasteiger partial charge in [0.15, 0.2) is 11.6 Å². The minimum atomic E-state index is -4.94. The number of aryl methyl sites for hydroxylation is 1. The van der Waals surface area contributed by atoms with Gasteiger partial charge in [-0.05, 0) is 19.1 Å². The van der Waals surface area contributed by atoms with Crippen LogP contribution in [0.5, 0.6) is 0 Å². The van der Waals surface area contributed by atoms with E-state index >= 15 is 0 Å². The van der Waals surface area contributed by atoms with E-state index in [9.17, 15) is 22.0 Å². The topological polar surface area (TPSA) is 12.9 Å². The number of rotatable bonds is 2. The van der Waals surface area contributed by atoms with Crippen LogP contribution in [-0.2, 0) is 12.1 Å². The fourth-order valence-corrected chi connectivity index (χ4v) is 2.89. The van der Waals surface area contributed by atoms with Gasteiger partial charge in [-0.3, -0.25) is 0 Å². The van der Waals surface area contributed by atoms with Crippen LogP contribution >= 0.6 is 22.9 Å². The highest BCUT2D eigenvalue weighted by molar-refractivity contribution is 7.15. The van der Waals surface area contributed by atoms with Crippen LogP contribution in [0.3, 0.4) is 0 Å². The van der Waals surface area contributed by atoms with Gasteiger partial charge in [0.2, 0.25) is 0 Å². The van der Waals surface area contributed by atoms with Crippen LogP contribution in [0.15, 0.2) is 12.1 Å². The number of alkyl halides is 4. The third kappa shape index (κ3) is 2.64. The van der Waals surface area contributed by atoms with Crippen LogP contribution in [0.4, 0.5) is 22.0 Å². The van der Waals surface area contributed by atoms with Crippen LogP contribution in [-0.4, -0.2) is 4.98 Å². The van der Waals surface area contributed by atoms with Gasteiger partial charge in [-0.1, -0.05) is 0 Å². The minimum absolute atomic E-state index is 0.100. The number of benzene rings is 1. The van der Waals surface area contributed by atoms with E-state index in [4.69, 9.17) is 11.6 Å². The Morgan fingerprint density at radius 3 is 2.35 bits per heavy atom. The molecule has 2 rings (SSSR count). The zero-order valence-corrected chi connectivity index (χ0v) is 11.6. The van der Waals surface area contributed by atoms with Crippen molar-refractivity contribution in [2.24, 2.45) is 0 Å². The predicted molar refractivity (Wildman–Crippen MR) is 66.8 cm³/mol. The molecule has 0 spiro atoms. The first kappa shape index (κ1) is 15.2. The van der Waals surface area contributed by atoms with Crippen molar-refractivity contribution in [3.05, 3.63) is 39.9 Å². The summed E-state index contributed by atoms with van der Waals surface area (Å²) in [5, 5.41) is 0.100. The number of thiazole rings is 1. The van der Waals surface area contributed by atoms with Crippen molar-refractivity contribution in [2.75, 3.05) is 0 Å². The lowest BCUT2D eigenvalue weighted by molar-refractivity contribution is -0.140. The zero-order valence-electron chi connectivity index (χ0n) is 9.99. The number of aromatic nitrogens is 1. The largest absolute Gasteiger partial charge is 0.419 e. The zero-order chi connectivity index (χ0) is 15.1. The maximum atomic E-state index is 13.8. The first-order valence-corrected chi connectivity index (χ1v) is 6.68. The molecular weight excluding hydrogens is 321 g/mol. The molecule has 1 nitrogen and oxygen atoms in total. The fourth-order valence-electron chi connectivity index (χ4n) is 1.60. The summed E-state index contributed by atoms with van der Waals surface area (Å²) in [5.41, 5.74) is -1.40. The molecule has 1 aromatic heterocycles. The third-order valence-corrected chi connectivity index (χ3v) is 4.25. The van der Waals surface area contributed by atoms with Crippen molar-refractivity contribution in [1.29, 1.82) is 0 Å². The van der Waals surface area contributed by atoms with Gasteiger partial charge in [-0.15, -0.1) is 22.9 Å². The van der Waals surface area contributed by atoms with E-state index in [1.165, 1.54) is 0 Å². The van der Waals surface area contributed by atoms with E-state index in [1.54, 1.807) is 6.92 Å². The van der Waals surface area contributed by atoms with E-state index < -0.39 is 23.4 Å². The van der Waals surface area contributed by atoms with E-state index in [1.807, 2.05) is 0 Å². The van der Waals surface area contributed by atoms with Crippen molar-refractivity contribution < 1.29 is 22.0 Å². The Hall–Kier alpha value is -1.21. The molecule has 0 aliphatic heterocycles. The Morgan fingerprint density at radius 2 is 1.85 bits per heavy atom. The van der Waals surface area contributed by atoms with Crippen molar-refractivity contribution in [2.45, 2.75) is 19.0 Å². The SMILES string of the molecule is Cc1nc(-c2ccc(C(F)(F)F)c(F)c2F)sc1CCl. The smallest absolute Gasteiger partial charge is 0.241 e. The lowest BCUT2D eigenvalue weighted by Gasteiger charge is -2.09. The Kier molecular flexibility index (Phi) is 4.02. The summed E-state index contributed by atoms with van der Waals surface area (Å²) in [6.45, 7) is 1.63. The second-order valence-electron chi connectivity index (χ2n) is 3.95. The van der Waals surface area contributed by atoms with Crippen molar-refractivity contribution in [1.82, 2.24) is 4.98 Å². The number of hydrogen-bond acceptors (Lipinski definition) is 2. The number of halogens is 6. The minimum Gasteiger partial charge on any atom is -0.241 e. The Morgan fingerprint density at radius 1 is 1.20 bits per heavy atom. The molecule has 0 saturated heterocycles. The van der Waals surface area contributed by atoms with Gasteiger partial charge in [0, 0.05) is 10.4 Å². The van der Waals surface area contributed by atoms with Crippen LogP contribution in [0.25, 0.3) is 10.6 Å². The summed E-state index contributed by atoms with van der Waals surface area (Å²) in [5.74, 6) is -3.33.